The fourth-order valence-corrected chi connectivity index (χ4v) is 4.26. The Kier molecular flexibility index (Phi) is 17.2. The topological polar surface area (TPSA) is 0 Å². The monoisotopic (exact) mass is 748 g/mol. The van der Waals surface area contributed by atoms with Crippen LogP contribution in [-0.4, -0.2) is 10.1 Å². The van der Waals surface area contributed by atoms with Crippen LogP contribution in [0.1, 0.15) is 47.2 Å². The molecule has 4 rings (SSSR count). The van der Waals surface area contributed by atoms with Gasteiger partial charge in [0.05, 0.1) is 0 Å². The SMILES string of the molecule is CCc1cccc(-[c-]2c(C)ccc2C)c1.CCc1cccc(-[c-]2c(C)ccc2C)c1.[CH3][Ge]([CH3])=[Hf+2].[Cl-].[Cl-]. The molecule has 0 aromatic heterocycles. The second-order valence-corrected chi connectivity index (χ2v) is 32.1. The molecule has 0 N–H and O–H groups in total. The van der Waals surface area contributed by atoms with Crippen molar-refractivity contribution in [2.24, 2.45) is 0 Å². The predicted octanol–water partition coefficient (Wildman–Crippen LogP) is 3.30. The van der Waals surface area contributed by atoms with Crippen molar-refractivity contribution in [1.29, 1.82) is 0 Å². The van der Waals surface area contributed by atoms with Crippen molar-refractivity contribution in [2.75, 3.05) is 0 Å². The fourth-order valence-electron chi connectivity index (χ4n) is 4.26. The molecule has 36 heavy (non-hydrogen) atoms. The van der Waals surface area contributed by atoms with Gasteiger partial charge in [0.1, 0.15) is 0 Å². The Morgan fingerprint density at radius 2 is 0.861 bits per heavy atom. The predicted molar refractivity (Wildman–Crippen MR) is 150 cm³/mol. The zero-order chi connectivity index (χ0) is 25.3. The Labute approximate surface area is 248 Å². The second kappa shape index (κ2) is 17.6. The van der Waals surface area contributed by atoms with Crippen molar-refractivity contribution in [2.45, 2.75) is 65.9 Å². The van der Waals surface area contributed by atoms with Crippen LogP contribution in [-0.2, 0) is 34.1 Å². The molecule has 4 heteroatoms. The summed E-state index contributed by atoms with van der Waals surface area (Å²) in [6.45, 7) is 13.1. The van der Waals surface area contributed by atoms with Gasteiger partial charge < -0.3 is 24.8 Å². The minimum atomic E-state index is -0.194. The number of halogens is 2. The van der Waals surface area contributed by atoms with Gasteiger partial charge in [0, 0.05) is 0 Å². The molecule has 0 atom stereocenters. The molecular formula is C32H40Cl2GeHf-2. The van der Waals surface area contributed by atoms with E-state index in [1.54, 1.807) is 0 Å². The molecule has 0 radical (unpaired) electrons. The van der Waals surface area contributed by atoms with Crippen molar-refractivity contribution in [1.82, 2.24) is 0 Å². The molecule has 0 aliphatic rings. The van der Waals surface area contributed by atoms with Crippen molar-refractivity contribution in [3.63, 3.8) is 0 Å². The molecule has 0 spiro atoms. The molecule has 0 nitrogen and oxygen atoms in total. The smallest absolute Gasteiger partial charge is 1.00 e. The quantitative estimate of drug-likeness (QED) is 0.223. The number of benzene rings is 2. The van der Waals surface area contributed by atoms with Crippen LogP contribution in [0.3, 0.4) is 0 Å². The molecule has 0 bridgehead atoms. The largest absolute Gasteiger partial charge is 1.00 e. The van der Waals surface area contributed by atoms with E-state index in [2.05, 4.69) is 126 Å². The van der Waals surface area contributed by atoms with Gasteiger partial charge >= 0.3 is 42.8 Å². The summed E-state index contributed by atoms with van der Waals surface area (Å²) in [5.74, 6) is 4.79. The summed E-state index contributed by atoms with van der Waals surface area (Å²) in [5.41, 5.74) is 13.8. The maximum atomic E-state index is 2.40. The van der Waals surface area contributed by atoms with Crippen LogP contribution < -0.4 is 24.8 Å². The number of rotatable bonds is 4. The van der Waals surface area contributed by atoms with E-state index < -0.39 is 0 Å². The molecule has 0 heterocycles. The van der Waals surface area contributed by atoms with Crippen LogP contribution >= 0.6 is 0 Å². The van der Waals surface area contributed by atoms with Crippen LogP contribution in [0, 0.1) is 27.7 Å². The van der Waals surface area contributed by atoms with Gasteiger partial charge in [0.15, 0.2) is 0 Å². The molecule has 4 aromatic carbocycles. The molecule has 0 aliphatic carbocycles. The molecule has 192 valence electrons. The Morgan fingerprint density at radius 3 is 1.11 bits per heavy atom. The zero-order valence-corrected chi connectivity index (χ0v) is 30.3. The van der Waals surface area contributed by atoms with Gasteiger partial charge in [-0.3, -0.25) is 0 Å². The van der Waals surface area contributed by atoms with Gasteiger partial charge in [-0.2, -0.15) is 0 Å². The first-order chi connectivity index (χ1) is 16.2. The third-order valence-corrected chi connectivity index (χ3v) is 5.99. The zero-order valence-electron chi connectivity index (χ0n) is 23.1. The van der Waals surface area contributed by atoms with Crippen molar-refractivity contribution in [3.8, 4) is 22.3 Å². The number of hydrogen-bond donors (Lipinski definition) is 0. The van der Waals surface area contributed by atoms with Gasteiger partial charge in [-0.05, 0) is 12.8 Å². The summed E-state index contributed by atoms with van der Waals surface area (Å²) in [7, 11) is -0.194. The molecule has 0 saturated heterocycles. The summed E-state index contributed by atoms with van der Waals surface area (Å²) in [6.07, 6.45) is 2.21. The number of aryl methyl sites for hydroxylation is 6. The van der Waals surface area contributed by atoms with Crippen molar-refractivity contribution >= 4 is 10.1 Å². The fraction of sp³-hybridized carbons (Fsp3) is 0.312. The van der Waals surface area contributed by atoms with E-state index in [0.717, 1.165) is 12.8 Å². The van der Waals surface area contributed by atoms with Crippen LogP contribution in [0.15, 0.2) is 72.8 Å². The Morgan fingerprint density at radius 1 is 0.583 bits per heavy atom. The van der Waals surface area contributed by atoms with Crippen LogP contribution in [0.5, 0.6) is 0 Å². The number of hydrogen-bond acceptors (Lipinski definition) is 0. The summed E-state index contributed by atoms with van der Waals surface area (Å²) < 4.78 is 0. The normalized spacial score (nSPS) is 9.61. The van der Waals surface area contributed by atoms with Crippen LogP contribution in [0.4, 0.5) is 0 Å². The van der Waals surface area contributed by atoms with Gasteiger partial charge in [-0.1, -0.05) is 88.1 Å². The van der Waals surface area contributed by atoms with E-state index >= 15 is 0 Å². The van der Waals surface area contributed by atoms with Gasteiger partial charge in [-0.25, -0.2) is 0 Å². The average molecular weight is 747 g/mol. The Hall–Kier alpha value is -0.867. The average Bonchev–Trinajstić information content (AvgIpc) is 3.33. The maximum absolute atomic E-state index is 2.40. The first-order valence-corrected chi connectivity index (χ1v) is 26.9. The van der Waals surface area contributed by atoms with Gasteiger partial charge in [0.2, 0.25) is 0 Å². The van der Waals surface area contributed by atoms with Crippen molar-refractivity contribution < 1.29 is 46.1 Å². The molecule has 0 amide bonds. The first kappa shape index (κ1) is 35.1. The molecule has 0 aliphatic heterocycles. The van der Waals surface area contributed by atoms with Crippen LogP contribution in [0.2, 0.25) is 11.5 Å². The third-order valence-electron chi connectivity index (χ3n) is 5.99. The summed E-state index contributed by atoms with van der Waals surface area (Å²) >= 11 is 1.52. The summed E-state index contributed by atoms with van der Waals surface area (Å²) in [4.78, 5) is 0. The van der Waals surface area contributed by atoms with E-state index in [1.807, 2.05) is 0 Å². The molecule has 4 aromatic rings. The molecular weight excluding hydrogens is 706 g/mol. The minimum absolute atomic E-state index is 0. The van der Waals surface area contributed by atoms with E-state index in [9.17, 15) is 0 Å². The molecule has 0 unspecified atom stereocenters. The first-order valence-electron chi connectivity index (χ1n) is 12.3. The third kappa shape index (κ3) is 10.5. The van der Waals surface area contributed by atoms with E-state index in [1.165, 1.54) is 76.9 Å². The Balaban J connectivity index is 0.000000566. The second-order valence-electron chi connectivity index (χ2n) is 9.26. The van der Waals surface area contributed by atoms with E-state index in [4.69, 9.17) is 0 Å². The minimum Gasteiger partial charge on any atom is -1.00 e. The Bertz CT molecular complexity index is 1080. The van der Waals surface area contributed by atoms with E-state index in [-0.39, 0.29) is 34.9 Å². The van der Waals surface area contributed by atoms with E-state index in [0.29, 0.717) is 0 Å². The van der Waals surface area contributed by atoms with Gasteiger partial charge in [-0.15, -0.1) is 81.9 Å². The maximum Gasteiger partial charge on any atom is -1.00 e. The molecule has 0 saturated carbocycles. The molecule has 0 fully saturated rings. The van der Waals surface area contributed by atoms with Crippen molar-refractivity contribution in [3.05, 3.63) is 106 Å². The van der Waals surface area contributed by atoms with Crippen LogP contribution in [0.25, 0.3) is 22.3 Å². The standard InChI is InChI=1S/2C15H17.C2H6Ge.2ClH.Hf/c2*1-4-13-6-5-7-14(10-13)15-11(2)8-9-12(15)3;1-3-2;;;/h2*5-10H,4H2,1-3H3;1-2H3;2*1H;/q2*-1;;;;+2/p-2. The summed E-state index contributed by atoms with van der Waals surface area (Å²) in [5, 5.41) is 0. The summed E-state index contributed by atoms with van der Waals surface area (Å²) in [6, 6.07) is 26.5. The van der Waals surface area contributed by atoms with Gasteiger partial charge in [0.25, 0.3) is 0 Å².